The van der Waals surface area contributed by atoms with Gasteiger partial charge in [-0.15, -0.1) is 0 Å². The van der Waals surface area contributed by atoms with Crippen LogP contribution in [0.5, 0.6) is 0 Å². The lowest BCUT2D eigenvalue weighted by molar-refractivity contribution is -0.166. The molecule has 0 aromatic carbocycles. The van der Waals surface area contributed by atoms with Gasteiger partial charge in [-0.25, -0.2) is 4.79 Å². The Morgan fingerprint density at radius 1 is 1.33 bits per heavy atom. The van der Waals surface area contributed by atoms with Gasteiger partial charge in [0, 0.05) is 0 Å². The molecule has 0 aromatic heterocycles. The van der Waals surface area contributed by atoms with E-state index in [1.165, 1.54) is 0 Å². The standard InChI is InChI=1S/C9H18O6/c1-2-3-4-15-9(14)8(13)7(12)6(11)5-10/h6-8,10-13H,2-5H2,1H3/t6-,7-,8+/m1/s1. The fraction of sp³-hybridized carbons (Fsp3) is 0.889. The summed E-state index contributed by atoms with van der Waals surface area (Å²) >= 11 is 0. The lowest BCUT2D eigenvalue weighted by Crippen LogP contribution is -2.44. The molecular formula is C9H18O6. The van der Waals surface area contributed by atoms with E-state index in [-0.39, 0.29) is 6.61 Å². The van der Waals surface area contributed by atoms with Crippen molar-refractivity contribution in [3.05, 3.63) is 0 Å². The number of unbranched alkanes of at least 4 members (excludes halogenated alkanes) is 1. The Bertz CT molecular complexity index is 183. The third-order valence-electron chi connectivity index (χ3n) is 1.89. The van der Waals surface area contributed by atoms with Gasteiger partial charge in [-0.2, -0.15) is 0 Å². The van der Waals surface area contributed by atoms with Crippen LogP contribution in [-0.2, 0) is 9.53 Å². The second-order valence-electron chi connectivity index (χ2n) is 3.21. The van der Waals surface area contributed by atoms with Gasteiger partial charge in [0.1, 0.15) is 12.2 Å². The van der Waals surface area contributed by atoms with Gasteiger partial charge in [0.2, 0.25) is 0 Å². The fourth-order valence-electron chi connectivity index (χ4n) is 0.860. The average molecular weight is 222 g/mol. The van der Waals surface area contributed by atoms with E-state index < -0.39 is 30.9 Å². The summed E-state index contributed by atoms with van der Waals surface area (Å²) in [6.45, 7) is 1.34. The zero-order valence-electron chi connectivity index (χ0n) is 8.67. The van der Waals surface area contributed by atoms with Crippen molar-refractivity contribution >= 4 is 5.97 Å². The van der Waals surface area contributed by atoms with Gasteiger partial charge in [0.05, 0.1) is 13.2 Å². The zero-order chi connectivity index (χ0) is 11.8. The quantitative estimate of drug-likeness (QED) is 0.305. The summed E-state index contributed by atoms with van der Waals surface area (Å²) < 4.78 is 4.62. The van der Waals surface area contributed by atoms with Crippen molar-refractivity contribution in [3.8, 4) is 0 Å². The molecule has 0 heterocycles. The molecule has 0 saturated heterocycles. The number of aliphatic hydroxyl groups is 4. The normalized spacial score (nSPS) is 16.9. The molecule has 0 spiro atoms. The first-order valence-electron chi connectivity index (χ1n) is 4.86. The van der Waals surface area contributed by atoms with E-state index in [0.29, 0.717) is 6.42 Å². The molecule has 6 nitrogen and oxygen atoms in total. The molecule has 0 unspecified atom stereocenters. The first-order chi connectivity index (χ1) is 7.04. The molecule has 0 amide bonds. The monoisotopic (exact) mass is 222 g/mol. The van der Waals surface area contributed by atoms with E-state index >= 15 is 0 Å². The third-order valence-corrected chi connectivity index (χ3v) is 1.89. The van der Waals surface area contributed by atoms with Gasteiger partial charge in [-0.1, -0.05) is 13.3 Å². The summed E-state index contributed by atoms with van der Waals surface area (Å²) in [5, 5.41) is 35.8. The van der Waals surface area contributed by atoms with E-state index in [9.17, 15) is 9.90 Å². The molecule has 4 N–H and O–H groups in total. The molecule has 0 aromatic rings. The topological polar surface area (TPSA) is 107 Å². The summed E-state index contributed by atoms with van der Waals surface area (Å²) in [5.74, 6) is -0.997. The van der Waals surface area contributed by atoms with Gasteiger partial charge < -0.3 is 25.2 Å². The van der Waals surface area contributed by atoms with Crippen molar-refractivity contribution in [2.45, 2.75) is 38.1 Å². The van der Waals surface area contributed by atoms with E-state index in [2.05, 4.69) is 4.74 Å². The summed E-state index contributed by atoms with van der Waals surface area (Å²) in [7, 11) is 0. The van der Waals surface area contributed by atoms with Crippen LogP contribution in [0, 0.1) is 0 Å². The van der Waals surface area contributed by atoms with Crippen molar-refractivity contribution in [1.29, 1.82) is 0 Å². The number of aliphatic hydroxyl groups excluding tert-OH is 4. The minimum atomic E-state index is -1.83. The number of esters is 1. The van der Waals surface area contributed by atoms with Gasteiger partial charge in [0.15, 0.2) is 6.10 Å². The first kappa shape index (κ1) is 14.3. The highest BCUT2D eigenvalue weighted by Crippen LogP contribution is 2.03. The Kier molecular flexibility index (Phi) is 7.23. The lowest BCUT2D eigenvalue weighted by Gasteiger charge is -2.19. The maximum Gasteiger partial charge on any atom is 0.337 e. The van der Waals surface area contributed by atoms with E-state index in [1.54, 1.807) is 0 Å². The molecule has 90 valence electrons. The van der Waals surface area contributed by atoms with Crippen molar-refractivity contribution in [3.63, 3.8) is 0 Å². The number of ether oxygens (including phenoxy) is 1. The number of rotatable bonds is 7. The van der Waals surface area contributed by atoms with Crippen LogP contribution in [-0.4, -0.2) is 57.9 Å². The Hall–Kier alpha value is -0.690. The number of carbonyl (C=O) groups excluding carboxylic acids is 1. The summed E-state index contributed by atoms with van der Waals surface area (Å²) in [6.07, 6.45) is -3.62. The van der Waals surface area contributed by atoms with Crippen molar-refractivity contribution in [2.24, 2.45) is 0 Å². The summed E-state index contributed by atoms with van der Waals surface area (Å²) in [4.78, 5) is 11.1. The van der Waals surface area contributed by atoms with Crippen LogP contribution in [0.1, 0.15) is 19.8 Å². The lowest BCUT2D eigenvalue weighted by atomic mass is 10.1. The molecule has 0 aliphatic carbocycles. The highest BCUT2D eigenvalue weighted by atomic mass is 16.5. The maximum absolute atomic E-state index is 11.1. The Balaban J connectivity index is 3.96. The minimum absolute atomic E-state index is 0.161. The highest BCUT2D eigenvalue weighted by molar-refractivity contribution is 5.75. The smallest absolute Gasteiger partial charge is 0.337 e. The summed E-state index contributed by atoms with van der Waals surface area (Å²) in [5.41, 5.74) is 0. The highest BCUT2D eigenvalue weighted by Gasteiger charge is 2.30. The number of carbonyl (C=O) groups is 1. The van der Waals surface area contributed by atoms with E-state index in [0.717, 1.165) is 6.42 Å². The predicted octanol–water partition coefficient (Wildman–Crippen LogP) is -1.60. The van der Waals surface area contributed by atoms with Gasteiger partial charge in [-0.3, -0.25) is 0 Å². The largest absolute Gasteiger partial charge is 0.464 e. The molecule has 6 heteroatoms. The van der Waals surface area contributed by atoms with Gasteiger partial charge in [-0.05, 0) is 6.42 Å². The molecule has 3 atom stereocenters. The van der Waals surface area contributed by atoms with Crippen LogP contribution in [0.25, 0.3) is 0 Å². The third kappa shape index (κ3) is 5.08. The van der Waals surface area contributed by atoms with Crippen LogP contribution in [0.3, 0.4) is 0 Å². The molecule has 0 bridgehead atoms. The number of hydrogen-bond acceptors (Lipinski definition) is 6. The second-order valence-corrected chi connectivity index (χ2v) is 3.21. The second kappa shape index (κ2) is 7.58. The molecule has 0 fully saturated rings. The van der Waals surface area contributed by atoms with E-state index in [1.807, 2.05) is 6.92 Å². The average Bonchev–Trinajstić information content (AvgIpc) is 2.26. The Morgan fingerprint density at radius 3 is 2.40 bits per heavy atom. The minimum Gasteiger partial charge on any atom is -0.464 e. The molecule has 0 rings (SSSR count). The fourth-order valence-corrected chi connectivity index (χ4v) is 0.860. The van der Waals surface area contributed by atoms with Crippen LogP contribution in [0.15, 0.2) is 0 Å². The van der Waals surface area contributed by atoms with E-state index in [4.69, 9.17) is 15.3 Å². The van der Waals surface area contributed by atoms with Crippen LogP contribution in [0.4, 0.5) is 0 Å². The summed E-state index contributed by atoms with van der Waals surface area (Å²) in [6, 6.07) is 0. The van der Waals surface area contributed by atoms with Crippen molar-refractivity contribution in [1.82, 2.24) is 0 Å². The molecular weight excluding hydrogens is 204 g/mol. The molecule has 0 radical (unpaired) electrons. The molecule has 0 aliphatic heterocycles. The van der Waals surface area contributed by atoms with Gasteiger partial charge in [0.25, 0.3) is 0 Å². The first-order valence-corrected chi connectivity index (χ1v) is 4.86. The molecule has 0 saturated carbocycles. The van der Waals surface area contributed by atoms with Crippen LogP contribution < -0.4 is 0 Å². The van der Waals surface area contributed by atoms with Crippen LogP contribution >= 0.6 is 0 Å². The molecule has 0 aliphatic rings. The number of hydrogen-bond donors (Lipinski definition) is 4. The van der Waals surface area contributed by atoms with Crippen molar-refractivity contribution in [2.75, 3.05) is 13.2 Å². The van der Waals surface area contributed by atoms with Crippen LogP contribution in [0.2, 0.25) is 0 Å². The molecule has 15 heavy (non-hydrogen) atoms. The Labute approximate surface area is 88.1 Å². The maximum atomic E-state index is 11.1. The Morgan fingerprint density at radius 2 is 1.93 bits per heavy atom. The zero-order valence-corrected chi connectivity index (χ0v) is 8.67. The van der Waals surface area contributed by atoms with Gasteiger partial charge >= 0.3 is 5.97 Å². The SMILES string of the molecule is CCCCOC(=O)[C@@H](O)[C@H](O)[C@H](O)CO. The van der Waals surface area contributed by atoms with Crippen molar-refractivity contribution < 1.29 is 30.0 Å². The predicted molar refractivity (Wildman–Crippen MR) is 51.0 cm³/mol.